The highest BCUT2D eigenvalue weighted by Crippen LogP contribution is 2.29. The number of nitrogens with zero attached hydrogens (tertiary/aromatic N) is 1. The topological polar surface area (TPSA) is 117 Å². The van der Waals surface area contributed by atoms with Gasteiger partial charge in [-0.05, 0) is 38.5 Å². The molecule has 0 unspecified atom stereocenters. The number of ether oxygens (including phenoxy) is 3. The second-order valence-corrected chi connectivity index (χ2v) is 6.53. The molecule has 0 spiro atoms. The molecule has 1 amide bonds. The highest BCUT2D eigenvalue weighted by molar-refractivity contribution is 5.96. The van der Waals surface area contributed by atoms with Crippen molar-refractivity contribution in [2.75, 3.05) is 19.0 Å². The van der Waals surface area contributed by atoms with Crippen molar-refractivity contribution in [3.05, 3.63) is 58.1 Å². The van der Waals surface area contributed by atoms with Crippen LogP contribution in [0.5, 0.6) is 11.5 Å². The van der Waals surface area contributed by atoms with Crippen LogP contribution in [0.3, 0.4) is 0 Å². The number of esters is 1. The van der Waals surface area contributed by atoms with E-state index in [-0.39, 0.29) is 23.5 Å². The van der Waals surface area contributed by atoms with Crippen LogP contribution < -0.4 is 14.8 Å². The van der Waals surface area contributed by atoms with Crippen molar-refractivity contribution >= 4 is 23.3 Å². The summed E-state index contributed by atoms with van der Waals surface area (Å²) >= 11 is 0. The zero-order chi connectivity index (χ0) is 22.1. The number of methoxy groups -OCH3 is 1. The first-order valence-corrected chi connectivity index (χ1v) is 9.32. The van der Waals surface area contributed by atoms with Gasteiger partial charge in [-0.2, -0.15) is 0 Å². The Morgan fingerprint density at radius 2 is 1.87 bits per heavy atom. The number of hydrogen-bond donors (Lipinski definition) is 1. The van der Waals surface area contributed by atoms with Gasteiger partial charge in [0.1, 0.15) is 11.5 Å². The Labute approximate surface area is 174 Å². The van der Waals surface area contributed by atoms with Gasteiger partial charge in [0, 0.05) is 12.5 Å². The number of carbonyl (C=O) groups excluding carboxylic acids is 2. The van der Waals surface area contributed by atoms with Gasteiger partial charge in [0.2, 0.25) is 0 Å². The Morgan fingerprint density at radius 3 is 2.50 bits per heavy atom. The SMILES string of the molecule is COc1cc([N+](=O)[O-])ccc1NC(=O)[C@H](C)OC(=O)CCCOc1ccc(C)cc1. The first-order chi connectivity index (χ1) is 14.3. The lowest BCUT2D eigenvalue weighted by atomic mass is 10.2. The molecule has 0 aliphatic carbocycles. The number of anilines is 1. The Balaban J connectivity index is 1.78. The van der Waals surface area contributed by atoms with Crippen molar-refractivity contribution in [1.82, 2.24) is 0 Å². The van der Waals surface area contributed by atoms with Gasteiger partial charge >= 0.3 is 5.97 Å². The highest BCUT2D eigenvalue weighted by atomic mass is 16.6. The molecule has 0 radical (unpaired) electrons. The quantitative estimate of drug-likeness (QED) is 0.272. The van der Waals surface area contributed by atoms with Crippen LogP contribution in [0.4, 0.5) is 11.4 Å². The summed E-state index contributed by atoms with van der Waals surface area (Å²) in [7, 11) is 1.33. The standard InChI is InChI=1S/C21H24N2O7/c1-14-6-9-17(10-7-14)29-12-4-5-20(24)30-15(2)21(25)22-18-11-8-16(23(26)27)13-19(18)28-3/h6-11,13,15H,4-5,12H2,1-3H3,(H,22,25)/t15-/m0/s1. The lowest BCUT2D eigenvalue weighted by Crippen LogP contribution is -2.30. The number of amides is 1. The molecular weight excluding hydrogens is 392 g/mol. The molecule has 0 heterocycles. The largest absolute Gasteiger partial charge is 0.494 e. The molecule has 1 atom stereocenters. The van der Waals surface area contributed by atoms with Crippen LogP contribution in [-0.2, 0) is 14.3 Å². The molecule has 2 rings (SSSR count). The van der Waals surface area contributed by atoms with Gasteiger partial charge in [0.15, 0.2) is 6.10 Å². The molecule has 2 aromatic carbocycles. The minimum Gasteiger partial charge on any atom is -0.494 e. The van der Waals surface area contributed by atoms with Crippen molar-refractivity contribution in [2.24, 2.45) is 0 Å². The van der Waals surface area contributed by atoms with Gasteiger partial charge in [0.25, 0.3) is 11.6 Å². The number of aryl methyl sites for hydroxylation is 1. The molecule has 1 N–H and O–H groups in total. The lowest BCUT2D eigenvalue weighted by molar-refractivity contribution is -0.384. The van der Waals surface area contributed by atoms with E-state index in [2.05, 4.69) is 5.32 Å². The molecule has 0 aliphatic heterocycles. The van der Waals surface area contributed by atoms with Gasteiger partial charge in [-0.25, -0.2) is 0 Å². The molecule has 30 heavy (non-hydrogen) atoms. The maximum absolute atomic E-state index is 12.3. The zero-order valence-electron chi connectivity index (χ0n) is 17.0. The maximum atomic E-state index is 12.3. The van der Waals surface area contributed by atoms with Crippen LogP contribution in [0.1, 0.15) is 25.3 Å². The fraction of sp³-hybridized carbons (Fsp3) is 0.333. The Morgan fingerprint density at radius 1 is 1.17 bits per heavy atom. The maximum Gasteiger partial charge on any atom is 0.306 e. The predicted molar refractivity (Wildman–Crippen MR) is 110 cm³/mol. The van der Waals surface area contributed by atoms with Crippen molar-refractivity contribution in [3.63, 3.8) is 0 Å². The van der Waals surface area contributed by atoms with Gasteiger partial charge < -0.3 is 19.5 Å². The van der Waals surface area contributed by atoms with Crippen molar-refractivity contribution in [3.8, 4) is 11.5 Å². The van der Waals surface area contributed by atoms with Gasteiger partial charge in [0.05, 0.1) is 30.4 Å². The fourth-order valence-corrected chi connectivity index (χ4v) is 2.48. The third kappa shape index (κ3) is 6.77. The second kappa shape index (κ2) is 10.8. The van der Waals surface area contributed by atoms with Gasteiger partial charge in [-0.1, -0.05) is 17.7 Å². The van der Waals surface area contributed by atoms with E-state index >= 15 is 0 Å². The van der Waals surface area contributed by atoms with E-state index in [0.717, 1.165) is 11.3 Å². The summed E-state index contributed by atoms with van der Waals surface area (Å²) in [5.74, 6) is -0.254. The van der Waals surface area contributed by atoms with Crippen molar-refractivity contribution in [2.45, 2.75) is 32.8 Å². The molecule has 0 fully saturated rings. The second-order valence-electron chi connectivity index (χ2n) is 6.53. The lowest BCUT2D eigenvalue weighted by Gasteiger charge is -2.15. The molecule has 9 nitrogen and oxygen atoms in total. The van der Waals surface area contributed by atoms with Gasteiger partial charge in [-0.3, -0.25) is 19.7 Å². The average molecular weight is 416 g/mol. The normalized spacial score (nSPS) is 11.3. The molecule has 2 aromatic rings. The average Bonchev–Trinajstić information content (AvgIpc) is 2.72. The molecule has 0 bridgehead atoms. The Bertz CT molecular complexity index is 897. The highest BCUT2D eigenvalue weighted by Gasteiger charge is 2.20. The summed E-state index contributed by atoms with van der Waals surface area (Å²) in [6.07, 6.45) is -0.503. The number of benzene rings is 2. The minimum atomic E-state index is -1.05. The monoisotopic (exact) mass is 416 g/mol. The smallest absolute Gasteiger partial charge is 0.306 e. The van der Waals surface area contributed by atoms with E-state index in [0.29, 0.717) is 13.0 Å². The molecule has 0 aromatic heterocycles. The number of nitrogens with one attached hydrogen (secondary N) is 1. The summed E-state index contributed by atoms with van der Waals surface area (Å²) in [5.41, 5.74) is 1.20. The summed E-state index contributed by atoms with van der Waals surface area (Å²) < 4.78 is 15.7. The molecule has 0 aliphatic rings. The van der Waals surface area contributed by atoms with E-state index < -0.39 is 22.9 Å². The van der Waals surface area contributed by atoms with Crippen LogP contribution in [0.15, 0.2) is 42.5 Å². The Hall–Kier alpha value is -3.62. The van der Waals surface area contributed by atoms with E-state index in [1.165, 1.54) is 32.2 Å². The molecule has 0 saturated heterocycles. The molecular formula is C21H24N2O7. The number of rotatable bonds is 10. The van der Waals surface area contributed by atoms with Crippen LogP contribution in [0.2, 0.25) is 0 Å². The van der Waals surface area contributed by atoms with E-state index in [4.69, 9.17) is 14.2 Å². The Kier molecular flexibility index (Phi) is 8.16. The fourth-order valence-electron chi connectivity index (χ4n) is 2.48. The predicted octanol–water partition coefficient (Wildman–Crippen LogP) is 3.64. The van der Waals surface area contributed by atoms with Crippen LogP contribution in [0.25, 0.3) is 0 Å². The number of non-ortho nitro benzene ring substituents is 1. The number of carbonyl (C=O) groups is 2. The first-order valence-electron chi connectivity index (χ1n) is 9.32. The van der Waals surface area contributed by atoms with Crippen molar-refractivity contribution < 1.29 is 28.7 Å². The third-order valence-electron chi connectivity index (χ3n) is 4.15. The van der Waals surface area contributed by atoms with E-state index in [1.807, 2.05) is 31.2 Å². The zero-order valence-corrected chi connectivity index (χ0v) is 17.0. The van der Waals surface area contributed by atoms with E-state index in [9.17, 15) is 19.7 Å². The summed E-state index contributed by atoms with van der Waals surface area (Å²) in [6.45, 7) is 3.77. The summed E-state index contributed by atoms with van der Waals surface area (Å²) in [5, 5.41) is 13.4. The van der Waals surface area contributed by atoms with E-state index in [1.54, 1.807) is 0 Å². The minimum absolute atomic E-state index is 0.102. The molecule has 0 saturated carbocycles. The number of nitro groups is 1. The van der Waals surface area contributed by atoms with Crippen LogP contribution >= 0.6 is 0 Å². The number of hydrogen-bond acceptors (Lipinski definition) is 7. The summed E-state index contributed by atoms with van der Waals surface area (Å²) in [6, 6.07) is 11.4. The molecule has 160 valence electrons. The van der Waals surface area contributed by atoms with Gasteiger partial charge in [-0.15, -0.1) is 0 Å². The number of nitro benzene ring substituents is 1. The summed E-state index contributed by atoms with van der Waals surface area (Å²) in [4.78, 5) is 34.5. The first kappa shape index (κ1) is 22.7. The van der Waals surface area contributed by atoms with Crippen molar-refractivity contribution in [1.29, 1.82) is 0 Å². The third-order valence-corrected chi connectivity index (χ3v) is 4.15. The molecule has 9 heteroatoms. The van der Waals surface area contributed by atoms with Crippen LogP contribution in [0, 0.1) is 17.0 Å². The van der Waals surface area contributed by atoms with Crippen LogP contribution in [-0.4, -0.2) is 36.6 Å².